The van der Waals surface area contributed by atoms with Crippen molar-refractivity contribution in [3.05, 3.63) is 30.1 Å². The van der Waals surface area contributed by atoms with E-state index in [2.05, 4.69) is 10.3 Å². The monoisotopic (exact) mass is 247 g/mol. The summed E-state index contributed by atoms with van der Waals surface area (Å²) in [4.78, 5) is 29.4. The zero-order valence-corrected chi connectivity index (χ0v) is 10.4. The van der Waals surface area contributed by atoms with Gasteiger partial charge in [0.2, 0.25) is 11.8 Å². The van der Waals surface area contributed by atoms with Gasteiger partial charge in [0.05, 0.1) is 0 Å². The van der Waals surface area contributed by atoms with Crippen LogP contribution in [0.15, 0.2) is 24.5 Å². The number of hydrogen-bond acceptors (Lipinski definition) is 3. The fourth-order valence-corrected chi connectivity index (χ4v) is 2.04. The molecule has 0 bridgehead atoms. The lowest BCUT2D eigenvalue weighted by molar-refractivity contribution is -0.134. The maximum atomic E-state index is 12.2. The van der Waals surface area contributed by atoms with Crippen molar-refractivity contribution >= 4 is 11.8 Å². The number of hydrogen-bond donors (Lipinski definition) is 1. The van der Waals surface area contributed by atoms with Gasteiger partial charge < -0.3 is 10.2 Å². The summed E-state index contributed by atoms with van der Waals surface area (Å²) in [5.41, 5.74) is 1.03. The Morgan fingerprint density at radius 3 is 2.78 bits per heavy atom. The molecule has 0 saturated carbocycles. The maximum Gasteiger partial charge on any atom is 0.245 e. The van der Waals surface area contributed by atoms with E-state index in [9.17, 15) is 9.59 Å². The summed E-state index contributed by atoms with van der Waals surface area (Å²) >= 11 is 0. The largest absolute Gasteiger partial charge is 0.344 e. The molecule has 0 spiro atoms. The lowest BCUT2D eigenvalue weighted by Crippen LogP contribution is -2.43. The van der Waals surface area contributed by atoms with Crippen LogP contribution in [0.25, 0.3) is 0 Å². The first-order chi connectivity index (χ1) is 8.70. The molecule has 96 valence electrons. The van der Waals surface area contributed by atoms with E-state index < -0.39 is 0 Å². The van der Waals surface area contributed by atoms with Crippen LogP contribution in [0.4, 0.5) is 0 Å². The number of rotatable bonds is 3. The molecule has 0 aromatic carbocycles. The van der Waals surface area contributed by atoms with Crippen molar-refractivity contribution in [1.29, 1.82) is 0 Å². The molecule has 5 heteroatoms. The van der Waals surface area contributed by atoms with Gasteiger partial charge in [-0.1, -0.05) is 6.92 Å². The van der Waals surface area contributed by atoms with Gasteiger partial charge in [-0.25, -0.2) is 0 Å². The number of amides is 2. The van der Waals surface area contributed by atoms with Gasteiger partial charge >= 0.3 is 0 Å². The summed E-state index contributed by atoms with van der Waals surface area (Å²) in [5, 5.41) is 2.75. The SMILES string of the molecule is CCC1NC(=O)CCN(Cc2ccncc2)C1=O. The highest BCUT2D eigenvalue weighted by atomic mass is 16.2. The lowest BCUT2D eigenvalue weighted by atomic mass is 10.2. The van der Waals surface area contributed by atoms with Crippen LogP contribution in [0.3, 0.4) is 0 Å². The third-order valence-electron chi connectivity index (χ3n) is 3.08. The Morgan fingerprint density at radius 1 is 1.39 bits per heavy atom. The Morgan fingerprint density at radius 2 is 2.11 bits per heavy atom. The molecule has 1 saturated heterocycles. The van der Waals surface area contributed by atoms with Crippen molar-refractivity contribution in [3.8, 4) is 0 Å². The predicted molar refractivity (Wildman–Crippen MR) is 66.5 cm³/mol. The van der Waals surface area contributed by atoms with Crippen molar-refractivity contribution in [3.63, 3.8) is 0 Å². The van der Waals surface area contributed by atoms with E-state index >= 15 is 0 Å². The second kappa shape index (κ2) is 5.62. The van der Waals surface area contributed by atoms with Crippen LogP contribution in [0, 0.1) is 0 Å². The molecule has 1 aliphatic heterocycles. The molecule has 1 atom stereocenters. The quantitative estimate of drug-likeness (QED) is 0.855. The van der Waals surface area contributed by atoms with E-state index in [0.717, 1.165) is 5.56 Å². The molecule has 0 aliphatic carbocycles. The summed E-state index contributed by atoms with van der Waals surface area (Å²) in [5.74, 6) is -0.0485. The average Bonchev–Trinajstić information content (AvgIpc) is 2.53. The molecule has 2 rings (SSSR count). The summed E-state index contributed by atoms with van der Waals surface area (Å²) in [6, 6.07) is 3.38. The minimum absolute atomic E-state index is 0.000150. The van der Waals surface area contributed by atoms with E-state index in [1.54, 1.807) is 17.3 Å². The smallest absolute Gasteiger partial charge is 0.245 e. The topological polar surface area (TPSA) is 62.3 Å². The first-order valence-corrected chi connectivity index (χ1v) is 6.17. The molecule has 1 N–H and O–H groups in total. The zero-order valence-electron chi connectivity index (χ0n) is 10.4. The Balaban J connectivity index is 2.11. The molecule has 5 nitrogen and oxygen atoms in total. The van der Waals surface area contributed by atoms with Crippen LogP contribution in [-0.2, 0) is 16.1 Å². The van der Waals surface area contributed by atoms with E-state index in [4.69, 9.17) is 0 Å². The Labute approximate surface area is 106 Å². The number of nitrogens with one attached hydrogen (secondary N) is 1. The van der Waals surface area contributed by atoms with E-state index in [-0.39, 0.29) is 17.9 Å². The normalized spacial score (nSPS) is 20.5. The Hall–Kier alpha value is -1.91. The average molecular weight is 247 g/mol. The van der Waals surface area contributed by atoms with Crippen molar-refractivity contribution in [1.82, 2.24) is 15.2 Å². The Bertz CT molecular complexity index is 433. The summed E-state index contributed by atoms with van der Waals surface area (Å²) in [6.45, 7) is 2.91. The van der Waals surface area contributed by atoms with Crippen LogP contribution in [0.5, 0.6) is 0 Å². The number of aromatic nitrogens is 1. The summed E-state index contributed by atoms with van der Waals surface area (Å²) in [7, 11) is 0. The fraction of sp³-hybridized carbons (Fsp3) is 0.462. The van der Waals surface area contributed by atoms with Crippen LogP contribution >= 0.6 is 0 Å². The number of carbonyl (C=O) groups excluding carboxylic acids is 2. The fourth-order valence-electron chi connectivity index (χ4n) is 2.04. The molecule has 1 unspecified atom stereocenters. The van der Waals surface area contributed by atoms with Crippen molar-refractivity contribution in [2.75, 3.05) is 6.54 Å². The van der Waals surface area contributed by atoms with Crippen LogP contribution < -0.4 is 5.32 Å². The molecular weight excluding hydrogens is 230 g/mol. The summed E-state index contributed by atoms with van der Waals surface area (Å²) in [6.07, 6.45) is 4.40. The second-order valence-corrected chi connectivity index (χ2v) is 4.39. The molecule has 2 amide bonds. The number of pyridine rings is 1. The minimum atomic E-state index is -0.387. The van der Waals surface area contributed by atoms with E-state index in [1.807, 2.05) is 19.1 Å². The highest BCUT2D eigenvalue weighted by Gasteiger charge is 2.28. The first-order valence-electron chi connectivity index (χ1n) is 6.17. The van der Waals surface area contributed by atoms with E-state index in [1.165, 1.54) is 0 Å². The number of nitrogens with zero attached hydrogens (tertiary/aromatic N) is 2. The standard InChI is InChI=1S/C13H17N3O2/c1-2-11-13(18)16(8-5-12(17)15-11)9-10-3-6-14-7-4-10/h3-4,6-7,11H,2,5,8-9H2,1H3,(H,15,17). The van der Waals surface area contributed by atoms with Crippen molar-refractivity contribution in [2.45, 2.75) is 32.4 Å². The predicted octanol–water partition coefficient (Wildman–Crippen LogP) is 0.709. The third kappa shape index (κ3) is 2.85. The highest BCUT2D eigenvalue weighted by Crippen LogP contribution is 2.10. The minimum Gasteiger partial charge on any atom is -0.344 e. The van der Waals surface area contributed by atoms with Gasteiger partial charge in [0, 0.05) is 31.9 Å². The van der Waals surface area contributed by atoms with Gasteiger partial charge in [0.25, 0.3) is 0 Å². The molecule has 1 aliphatic rings. The van der Waals surface area contributed by atoms with Crippen LogP contribution in [-0.4, -0.2) is 34.3 Å². The van der Waals surface area contributed by atoms with Gasteiger partial charge in [0.15, 0.2) is 0 Å². The van der Waals surface area contributed by atoms with Gasteiger partial charge in [-0.3, -0.25) is 14.6 Å². The first kappa shape index (κ1) is 12.5. The molecule has 0 radical (unpaired) electrons. The lowest BCUT2D eigenvalue weighted by Gasteiger charge is -2.23. The molecule has 18 heavy (non-hydrogen) atoms. The molecule has 2 heterocycles. The van der Waals surface area contributed by atoms with Crippen LogP contribution in [0.1, 0.15) is 25.3 Å². The molecule has 1 aromatic rings. The second-order valence-electron chi connectivity index (χ2n) is 4.39. The Kier molecular flexibility index (Phi) is 3.92. The van der Waals surface area contributed by atoms with Crippen LogP contribution in [0.2, 0.25) is 0 Å². The zero-order chi connectivity index (χ0) is 13.0. The molecule has 1 aromatic heterocycles. The maximum absolute atomic E-state index is 12.2. The number of carbonyl (C=O) groups is 2. The third-order valence-corrected chi connectivity index (χ3v) is 3.08. The van der Waals surface area contributed by atoms with Gasteiger partial charge in [0.1, 0.15) is 6.04 Å². The van der Waals surface area contributed by atoms with Gasteiger partial charge in [-0.2, -0.15) is 0 Å². The van der Waals surface area contributed by atoms with Gasteiger partial charge in [-0.15, -0.1) is 0 Å². The van der Waals surface area contributed by atoms with Crippen molar-refractivity contribution < 1.29 is 9.59 Å². The summed E-state index contributed by atoms with van der Waals surface area (Å²) < 4.78 is 0. The highest BCUT2D eigenvalue weighted by molar-refractivity contribution is 5.89. The van der Waals surface area contributed by atoms with Crippen molar-refractivity contribution in [2.24, 2.45) is 0 Å². The molecular formula is C13H17N3O2. The van der Waals surface area contributed by atoms with E-state index in [0.29, 0.717) is 25.9 Å². The van der Waals surface area contributed by atoms with Gasteiger partial charge in [-0.05, 0) is 24.1 Å². The molecule has 1 fully saturated rings.